The number of β-amino-alcohol motifs (C(OH)–C–C–N with tert-alkyl or cyclic N) is 1. The number of aliphatic hydroxyl groups is 1. The van der Waals surface area contributed by atoms with E-state index < -0.39 is 40.7 Å². The van der Waals surface area contributed by atoms with Gasteiger partial charge in [0.25, 0.3) is 5.91 Å². The van der Waals surface area contributed by atoms with Crippen LogP contribution in [0.25, 0.3) is 0 Å². The average Bonchev–Trinajstić information content (AvgIpc) is 3.22. The standard InChI is InChI=1S/C25H32N2O6S/c1-4-8-22(19-9-6-5-7-10-19)26-24(29)16-33-25(30)23-14-20(28)15-27(23)34(31,32)21-12-11-17(2)18(3)13-21/h5-7,9-13,20,22-23,28H,4,8,14-16H2,1-3H3,(H,26,29)/t20?,22?,23-/m0/s1. The summed E-state index contributed by atoms with van der Waals surface area (Å²) < 4.78 is 32.5. The molecular formula is C25H32N2O6S. The Balaban J connectivity index is 1.67. The van der Waals surface area contributed by atoms with Crippen molar-refractivity contribution in [3.63, 3.8) is 0 Å². The molecule has 1 aliphatic rings. The molecule has 0 bridgehead atoms. The lowest BCUT2D eigenvalue weighted by molar-refractivity contribution is -0.152. The van der Waals surface area contributed by atoms with Crippen LogP contribution in [-0.2, 0) is 24.3 Å². The van der Waals surface area contributed by atoms with E-state index in [1.54, 1.807) is 19.1 Å². The lowest BCUT2D eigenvalue weighted by Crippen LogP contribution is -2.42. The Morgan fingerprint density at radius 1 is 1.15 bits per heavy atom. The number of carbonyl (C=O) groups excluding carboxylic acids is 2. The minimum atomic E-state index is -4.03. The fourth-order valence-corrected chi connectivity index (χ4v) is 5.75. The van der Waals surface area contributed by atoms with Crippen molar-refractivity contribution in [2.45, 2.75) is 63.1 Å². The van der Waals surface area contributed by atoms with Crippen molar-refractivity contribution in [3.05, 3.63) is 65.2 Å². The molecule has 1 fully saturated rings. The highest BCUT2D eigenvalue weighted by atomic mass is 32.2. The summed E-state index contributed by atoms with van der Waals surface area (Å²) in [5.74, 6) is -1.33. The van der Waals surface area contributed by atoms with Crippen LogP contribution in [0.15, 0.2) is 53.4 Å². The van der Waals surface area contributed by atoms with Crippen LogP contribution in [-0.4, -0.2) is 55.0 Å². The number of hydrogen-bond donors (Lipinski definition) is 2. The minimum Gasteiger partial charge on any atom is -0.454 e. The summed E-state index contributed by atoms with van der Waals surface area (Å²) >= 11 is 0. The number of nitrogens with one attached hydrogen (secondary N) is 1. The van der Waals surface area contributed by atoms with Gasteiger partial charge in [0.05, 0.1) is 17.0 Å². The first-order valence-corrected chi connectivity index (χ1v) is 12.9. The second-order valence-electron chi connectivity index (χ2n) is 8.65. The topological polar surface area (TPSA) is 113 Å². The van der Waals surface area contributed by atoms with E-state index in [1.165, 1.54) is 6.07 Å². The van der Waals surface area contributed by atoms with Crippen molar-refractivity contribution in [3.8, 4) is 0 Å². The van der Waals surface area contributed by atoms with E-state index in [0.717, 1.165) is 33.8 Å². The molecule has 2 aromatic carbocycles. The summed E-state index contributed by atoms with van der Waals surface area (Å²) in [6.45, 7) is 4.94. The summed E-state index contributed by atoms with van der Waals surface area (Å²) in [5, 5.41) is 13.0. The predicted octanol–water partition coefficient (Wildman–Crippen LogP) is 2.63. The molecule has 34 heavy (non-hydrogen) atoms. The molecule has 2 aromatic rings. The van der Waals surface area contributed by atoms with Gasteiger partial charge in [-0.3, -0.25) is 9.59 Å². The van der Waals surface area contributed by atoms with Gasteiger partial charge in [0, 0.05) is 13.0 Å². The third-order valence-corrected chi connectivity index (χ3v) is 7.92. The molecule has 0 aromatic heterocycles. The van der Waals surface area contributed by atoms with E-state index in [-0.39, 0.29) is 23.9 Å². The Morgan fingerprint density at radius 3 is 2.50 bits per heavy atom. The lowest BCUT2D eigenvalue weighted by Gasteiger charge is -2.23. The number of rotatable bonds is 9. The van der Waals surface area contributed by atoms with Gasteiger partial charge in [0.15, 0.2) is 6.61 Å². The second-order valence-corrected chi connectivity index (χ2v) is 10.5. The molecule has 1 heterocycles. The highest BCUT2D eigenvalue weighted by Crippen LogP contribution is 2.28. The molecule has 2 unspecified atom stereocenters. The highest BCUT2D eigenvalue weighted by molar-refractivity contribution is 7.89. The fraction of sp³-hybridized carbons (Fsp3) is 0.440. The molecule has 1 saturated heterocycles. The highest BCUT2D eigenvalue weighted by Gasteiger charge is 2.44. The Kier molecular flexibility index (Phi) is 8.46. The first-order chi connectivity index (χ1) is 16.1. The molecule has 3 rings (SSSR count). The Morgan fingerprint density at radius 2 is 1.85 bits per heavy atom. The number of amides is 1. The van der Waals surface area contributed by atoms with Gasteiger partial charge < -0.3 is 15.2 Å². The number of carbonyl (C=O) groups is 2. The molecule has 0 saturated carbocycles. The van der Waals surface area contributed by atoms with Crippen LogP contribution in [0.3, 0.4) is 0 Å². The van der Waals surface area contributed by atoms with Crippen molar-refractivity contribution >= 4 is 21.9 Å². The van der Waals surface area contributed by atoms with Crippen LogP contribution in [0.4, 0.5) is 0 Å². The minimum absolute atomic E-state index is 0.0468. The van der Waals surface area contributed by atoms with E-state index in [9.17, 15) is 23.1 Å². The number of esters is 1. The zero-order valence-electron chi connectivity index (χ0n) is 19.7. The molecule has 0 aliphatic carbocycles. The molecule has 1 amide bonds. The third-order valence-electron chi connectivity index (χ3n) is 6.05. The van der Waals surface area contributed by atoms with Gasteiger partial charge in [-0.2, -0.15) is 4.31 Å². The molecule has 0 spiro atoms. The molecule has 3 atom stereocenters. The first-order valence-electron chi connectivity index (χ1n) is 11.4. The molecule has 184 valence electrons. The monoisotopic (exact) mass is 488 g/mol. The Labute approximate surface area is 201 Å². The van der Waals surface area contributed by atoms with Gasteiger partial charge >= 0.3 is 5.97 Å². The van der Waals surface area contributed by atoms with Gasteiger partial charge in [-0.15, -0.1) is 0 Å². The predicted molar refractivity (Wildman–Crippen MR) is 127 cm³/mol. The Hall–Kier alpha value is -2.75. The van der Waals surface area contributed by atoms with Crippen molar-refractivity contribution in [1.82, 2.24) is 9.62 Å². The van der Waals surface area contributed by atoms with E-state index in [1.807, 2.05) is 44.2 Å². The second kappa shape index (κ2) is 11.1. The smallest absolute Gasteiger partial charge is 0.325 e. The van der Waals surface area contributed by atoms with Gasteiger partial charge in [0.2, 0.25) is 10.0 Å². The van der Waals surface area contributed by atoms with Gasteiger partial charge in [-0.1, -0.05) is 49.7 Å². The fourth-order valence-electron chi connectivity index (χ4n) is 4.04. The van der Waals surface area contributed by atoms with Gasteiger partial charge in [-0.25, -0.2) is 8.42 Å². The van der Waals surface area contributed by atoms with Crippen LogP contribution in [0.2, 0.25) is 0 Å². The maximum atomic E-state index is 13.2. The molecule has 1 aliphatic heterocycles. The summed E-state index contributed by atoms with van der Waals surface area (Å²) in [4.78, 5) is 25.3. The number of hydrogen-bond acceptors (Lipinski definition) is 6. The lowest BCUT2D eigenvalue weighted by atomic mass is 10.0. The molecule has 2 N–H and O–H groups in total. The van der Waals surface area contributed by atoms with E-state index in [4.69, 9.17) is 4.74 Å². The van der Waals surface area contributed by atoms with Crippen LogP contribution >= 0.6 is 0 Å². The first kappa shape index (κ1) is 25.9. The third kappa shape index (κ3) is 6.02. The summed E-state index contributed by atoms with van der Waals surface area (Å²) in [6.07, 6.45) is 0.484. The van der Waals surface area contributed by atoms with E-state index in [2.05, 4.69) is 5.32 Å². The number of aryl methyl sites for hydroxylation is 2. The molecule has 0 radical (unpaired) electrons. The normalized spacial score (nSPS) is 19.5. The van der Waals surface area contributed by atoms with Crippen LogP contribution in [0.5, 0.6) is 0 Å². The number of ether oxygens (including phenoxy) is 1. The van der Waals surface area contributed by atoms with Crippen molar-refractivity contribution in [2.24, 2.45) is 0 Å². The Bertz CT molecular complexity index is 1120. The number of aliphatic hydroxyl groups excluding tert-OH is 1. The molecular weight excluding hydrogens is 456 g/mol. The van der Waals surface area contributed by atoms with Crippen molar-refractivity contribution in [2.75, 3.05) is 13.2 Å². The van der Waals surface area contributed by atoms with Gasteiger partial charge in [0.1, 0.15) is 6.04 Å². The van der Waals surface area contributed by atoms with Crippen LogP contribution in [0, 0.1) is 13.8 Å². The molecule has 8 nitrogen and oxygen atoms in total. The summed E-state index contributed by atoms with van der Waals surface area (Å²) in [7, 11) is -4.03. The van der Waals surface area contributed by atoms with Crippen LogP contribution in [0.1, 0.15) is 48.9 Å². The van der Waals surface area contributed by atoms with Crippen molar-refractivity contribution < 1.29 is 27.9 Å². The van der Waals surface area contributed by atoms with Crippen LogP contribution < -0.4 is 5.32 Å². The van der Waals surface area contributed by atoms with E-state index in [0.29, 0.717) is 0 Å². The number of sulfonamides is 1. The maximum absolute atomic E-state index is 13.2. The largest absolute Gasteiger partial charge is 0.454 e. The maximum Gasteiger partial charge on any atom is 0.325 e. The average molecular weight is 489 g/mol. The summed E-state index contributed by atoms with van der Waals surface area (Å²) in [6, 6.07) is 12.8. The molecule has 9 heteroatoms. The zero-order chi connectivity index (χ0) is 24.9. The zero-order valence-corrected chi connectivity index (χ0v) is 20.5. The van der Waals surface area contributed by atoms with Crippen molar-refractivity contribution in [1.29, 1.82) is 0 Å². The summed E-state index contributed by atoms with van der Waals surface area (Å²) in [5.41, 5.74) is 2.70. The SMILES string of the molecule is CCCC(NC(=O)COC(=O)[C@@H]1CC(O)CN1S(=O)(=O)c1ccc(C)c(C)c1)c1ccccc1. The quantitative estimate of drug-likeness (QED) is 0.525. The number of benzene rings is 2. The van der Waals surface area contributed by atoms with E-state index >= 15 is 0 Å². The van der Waals surface area contributed by atoms with Gasteiger partial charge in [-0.05, 0) is 49.1 Å². The number of nitrogens with zero attached hydrogens (tertiary/aromatic N) is 1.